The summed E-state index contributed by atoms with van der Waals surface area (Å²) in [5.74, 6) is -0.212. The number of esters is 1. The summed E-state index contributed by atoms with van der Waals surface area (Å²) < 4.78 is 20.5. The number of carbonyl (C=O) groups excluding carboxylic acids is 3. The van der Waals surface area contributed by atoms with E-state index < -0.39 is 18.5 Å². The van der Waals surface area contributed by atoms with Gasteiger partial charge in [0.05, 0.1) is 17.7 Å². The molecule has 4 rings (SSSR count). The van der Waals surface area contributed by atoms with E-state index in [9.17, 15) is 14.4 Å². The number of amides is 2. The number of hydrogen-bond acceptors (Lipinski definition) is 7. The first-order valence-corrected chi connectivity index (χ1v) is 10.4. The minimum Gasteiger partial charge on any atom is -0.497 e. The quantitative estimate of drug-likeness (QED) is 0.487. The molecule has 0 aliphatic carbocycles. The molecule has 2 amide bonds. The van der Waals surface area contributed by atoms with Crippen LogP contribution in [0.15, 0.2) is 60.7 Å². The van der Waals surface area contributed by atoms with Crippen LogP contribution in [0.4, 0.5) is 11.4 Å². The van der Waals surface area contributed by atoms with E-state index in [2.05, 4.69) is 10.6 Å². The molecule has 1 aliphatic heterocycles. The van der Waals surface area contributed by atoms with E-state index in [4.69, 9.17) is 30.5 Å². The Hall–Kier alpha value is -4.24. The van der Waals surface area contributed by atoms with Crippen molar-refractivity contribution in [2.45, 2.75) is 0 Å². The number of halogens is 1. The predicted molar refractivity (Wildman–Crippen MR) is 124 cm³/mol. The number of rotatable bonds is 7. The highest BCUT2D eigenvalue weighted by Crippen LogP contribution is 2.39. The molecule has 0 bridgehead atoms. The van der Waals surface area contributed by atoms with Crippen LogP contribution in [0.3, 0.4) is 0 Å². The van der Waals surface area contributed by atoms with Crippen LogP contribution in [0.25, 0.3) is 0 Å². The number of nitrogens with one attached hydrogen (secondary N) is 2. The molecule has 2 N–H and O–H groups in total. The van der Waals surface area contributed by atoms with Crippen molar-refractivity contribution < 1.29 is 33.3 Å². The van der Waals surface area contributed by atoms with Gasteiger partial charge in [-0.25, -0.2) is 4.79 Å². The fourth-order valence-corrected chi connectivity index (χ4v) is 3.34. The lowest BCUT2D eigenvalue weighted by molar-refractivity contribution is -0.119. The minimum atomic E-state index is -0.735. The molecule has 0 unspecified atom stereocenters. The smallest absolute Gasteiger partial charge is 0.338 e. The summed E-state index contributed by atoms with van der Waals surface area (Å²) in [5, 5.41) is 5.58. The maximum Gasteiger partial charge on any atom is 0.338 e. The molecule has 1 aliphatic rings. The van der Waals surface area contributed by atoms with Gasteiger partial charge < -0.3 is 29.6 Å². The second-order valence-corrected chi connectivity index (χ2v) is 7.48. The molecule has 0 saturated heterocycles. The van der Waals surface area contributed by atoms with Crippen molar-refractivity contribution in [2.24, 2.45) is 0 Å². The number of carbonyl (C=O) groups is 3. The summed E-state index contributed by atoms with van der Waals surface area (Å²) in [6.45, 7) is -0.498. The maximum atomic E-state index is 12.4. The number of methoxy groups -OCH3 is 1. The average molecular weight is 483 g/mol. The molecule has 34 heavy (non-hydrogen) atoms. The van der Waals surface area contributed by atoms with Gasteiger partial charge in [-0.15, -0.1) is 0 Å². The highest BCUT2D eigenvalue weighted by atomic mass is 35.5. The van der Waals surface area contributed by atoms with E-state index in [0.29, 0.717) is 34.2 Å². The first-order chi connectivity index (χ1) is 16.4. The molecule has 0 spiro atoms. The van der Waals surface area contributed by atoms with E-state index >= 15 is 0 Å². The molecule has 9 nitrogen and oxygen atoms in total. The van der Waals surface area contributed by atoms with Gasteiger partial charge in [-0.2, -0.15) is 0 Å². The van der Waals surface area contributed by atoms with Gasteiger partial charge in [0.25, 0.3) is 11.8 Å². The Balaban J connectivity index is 1.28. The van der Waals surface area contributed by atoms with Crippen molar-refractivity contribution in [3.63, 3.8) is 0 Å². The molecular formula is C24H19ClN2O7. The first kappa shape index (κ1) is 22.9. The zero-order chi connectivity index (χ0) is 24.1. The normalized spacial score (nSPS) is 11.5. The highest BCUT2D eigenvalue weighted by molar-refractivity contribution is 6.32. The Morgan fingerprint density at radius 3 is 2.29 bits per heavy atom. The van der Waals surface area contributed by atoms with Gasteiger partial charge in [0.1, 0.15) is 5.75 Å². The van der Waals surface area contributed by atoms with Crippen LogP contribution < -0.4 is 24.8 Å². The van der Waals surface area contributed by atoms with Crippen molar-refractivity contribution >= 4 is 40.8 Å². The Labute approximate surface area is 199 Å². The van der Waals surface area contributed by atoms with Crippen LogP contribution in [0.5, 0.6) is 17.2 Å². The summed E-state index contributed by atoms with van der Waals surface area (Å²) in [6, 6.07) is 16.0. The molecule has 3 aromatic carbocycles. The van der Waals surface area contributed by atoms with Crippen LogP contribution >= 0.6 is 11.6 Å². The number of ether oxygens (including phenoxy) is 4. The molecule has 1 heterocycles. The van der Waals surface area contributed by atoms with Gasteiger partial charge in [-0.05, 0) is 60.7 Å². The molecule has 0 radical (unpaired) electrons. The Morgan fingerprint density at radius 2 is 1.59 bits per heavy atom. The largest absolute Gasteiger partial charge is 0.497 e. The molecule has 10 heteroatoms. The molecule has 0 saturated carbocycles. The third kappa shape index (κ3) is 5.38. The third-order valence-electron chi connectivity index (χ3n) is 4.78. The van der Waals surface area contributed by atoms with Gasteiger partial charge >= 0.3 is 5.97 Å². The van der Waals surface area contributed by atoms with E-state index in [1.165, 1.54) is 12.1 Å². The van der Waals surface area contributed by atoms with Crippen molar-refractivity contribution in [3.05, 3.63) is 76.8 Å². The van der Waals surface area contributed by atoms with Gasteiger partial charge in [0.2, 0.25) is 6.79 Å². The second-order valence-electron chi connectivity index (χ2n) is 7.08. The topological polar surface area (TPSA) is 112 Å². The van der Waals surface area contributed by atoms with E-state index in [1.807, 2.05) is 0 Å². The van der Waals surface area contributed by atoms with Crippen LogP contribution in [0.2, 0.25) is 5.02 Å². The maximum absolute atomic E-state index is 12.4. The number of anilines is 2. The Bertz CT molecular complexity index is 1230. The Morgan fingerprint density at radius 1 is 0.912 bits per heavy atom. The van der Waals surface area contributed by atoms with E-state index in [1.54, 1.807) is 55.6 Å². The van der Waals surface area contributed by atoms with Crippen LogP contribution in [-0.2, 0) is 9.53 Å². The lowest BCUT2D eigenvalue weighted by Gasteiger charge is -2.09. The lowest BCUT2D eigenvalue weighted by atomic mass is 10.2. The zero-order valence-electron chi connectivity index (χ0n) is 17.9. The summed E-state index contributed by atoms with van der Waals surface area (Å²) in [7, 11) is 1.56. The predicted octanol–water partition coefficient (Wildman–Crippen LogP) is 4.13. The standard InChI is InChI=1S/C24H19ClN2O7/c1-31-18-8-6-17(7-9-18)27-23(29)14-2-4-16(5-3-14)26-21(28)12-32-24(30)15-10-19(25)22-20(11-15)33-13-34-22/h2-11H,12-13H2,1H3,(H,26,28)(H,27,29). The summed E-state index contributed by atoms with van der Waals surface area (Å²) in [6.07, 6.45) is 0. The fourth-order valence-electron chi connectivity index (χ4n) is 3.08. The second kappa shape index (κ2) is 10.1. The first-order valence-electron chi connectivity index (χ1n) is 10.0. The van der Waals surface area contributed by atoms with Gasteiger partial charge in [0, 0.05) is 16.9 Å². The SMILES string of the molecule is COc1ccc(NC(=O)c2ccc(NC(=O)COC(=O)c3cc(Cl)c4c(c3)OCO4)cc2)cc1. The summed E-state index contributed by atoms with van der Waals surface area (Å²) in [4.78, 5) is 36.8. The third-order valence-corrected chi connectivity index (χ3v) is 5.06. The zero-order valence-corrected chi connectivity index (χ0v) is 18.7. The van der Waals surface area contributed by atoms with E-state index in [0.717, 1.165) is 0 Å². The van der Waals surface area contributed by atoms with Crippen molar-refractivity contribution in [1.29, 1.82) is 0 Å². The number of hydrogen-bond donors (Lipinski definition) is 2. The molecular weight excluding hydrogens is 464 g/mol. The van der Waals surface area contributed by atoms with Gasteiger partial charge in [-0.1, -0.05) is 11.6 Å². The summed E-state index contributed by atoms with van der Waals surface area (Å²) >= 11 is 6.06. The number of fused-ring (bicyclic) bond motifs is 1. The van der Waals surface area contributed by atoms with E-state index in [-0.39, 0.29) is 23.3 Å². The Kier molecular flexibility index (Phi) is 6.84. The van der Waals surface area contributed by atoms with Crippen molar-refractivity contribution in [2.75, 3.05) is 31.1 Å². The molecule has 174 valence electrons. The fraction of sp³-hybridized carbons (Fsp3) is 0.125. The lowest BCUT2D eigenvalue weighted by Crippen LogP contribution is -2.21. The van der Waals surface area contributed by atoms with Gasteiger partial charge in [-0.3, -0.25) is 9.59 Å². The molecule has 0 aromatic heterocycles. The highest BCUT2D eigenvalue weighted by Gasteiger charge is 2.21. The summed E-state index contributed by atoms with van der Waals surface area (Å²) in [5.41, 5.74) is 1.59. The van der Waals surface area contributed by atoms with Crippen molar-refractivity contribution in [3.8, 4) is 17.2 Å². The minimum absolute atomic E-state index is 0.0118. The molecule has 0 atom stereocenters. The van der Waals surface area contributed by atoms with Crippen molar-refractivity contribution in [1.82, 2.24) is 0 Å². The number of benzene rings is 3. The monoisotopic (exact) mass is 482 g/mol. The van der Waals surface area contributed by atoms with Gasteiger partial charge in [0.15, 0.2) is 18.1 Å². The van der Waals surface area contributed by atoms with Crippen LogP contribution in [0, 0.1) is 0 Å². The van der Waals surface area contributed by atoms with Crippen LogP contribution in [0.1, 0.15) is 20.7 Å². The average Bonchev–Trinajstić information content (AvgIpc) is 3.33. The van der Waals surface area contributed by atoms with Crippen LogP contribution in [-0.4, -0.2) is 38.3 Å². The molecule has 3 aromatic rings. The molecule has 0 fully saturated rings.